The molecule has 5 heteroatoms. The summed E-state index contributed by atoms with van der Waals surface area (Å²) in [6.07, 6.45) is 2.07. The van der Waals surface area contributed by atoms with E-state index in [1.165, 1.54) is 6.08 Å². The van der Waals surface area contributed by atoms with Crippen LogP contribution in [0.5, 0.6) is 0 Å². The highest BCUT2D eigenvalue weighted by atomic mass is 16.4. The maximum absolute atomic E-state index is 12.0. The molecule has 0 atom stereocenters. The van der Waals surface area contributed by atoms with Gasteiger partial charge in [-0.3, -0.25) is 19.3 Å². The van der Waals surface area contributed by atoms with Gasteiger partial charge in [-0.2, -0.15) is 0 Å². The van der Waals surface area contributed by atoms with Crippen LogP contribution in [-0.4, -0.2) is 34.3 Å². The number of aliphatic carboxylic acids is 1. The Hall–Kier alpha value is -2.43. The van der Waals surface area contributed by atoms with Crippen LogP contribution in [0.4, 0.5) is 0 Å². The lowest BCUT2D eigenvalue weighted by Crippen LogP contribution is -2.35. The Morgan fingerprint density at radius 3 is 2.37 bits per heavy atom. The Bertz CT molecular complexity index is 572. The molecule has 0 saturated heterocycles. The minimum absolute atomic E-state index is 0.244. The molecule has 0 bridgehead atoms. The number of carbonyl (C=O) groups excluding carboxylic acids is 2. The first-order valence-electron chi connectivity index (χ1n) is 5.91. The topological polar surface area (TPSA) is 74.7 Å². The van der Waals surface area contributed by atoms with E-state index in [2.05, 4.69) is 0 Å². The number of carboxylic acid groups (broad SMARTS) is 1. The van der Waals surface area contributed by atoms with Crippen LogP contribution in [0.2, 0.25) is 0 Å². The maximum atomic E-state index is 12.0. The van der Waals surface area contributed by atoms with Gasteiger partial charge >= 0.3 is 5.97 Å². The van der Waals surface area contributed by atoms with Crippen molar-refractivity contribution in [3.63, 3.8) is 0 Å². The molecule has 1 heterocycles. The van der Waals surface area contributed by atoms with E-state index in [-0.39, 0.29) is 5.57 Å². The number of imide groups is 1. The number of carboxylic acids is 1. The predicted molar refractivity (Wildman–Crippen MR) is 68.2 cm³/mol. The quantitative estimate of drug-likeness (QED) is 0.821. The van der Waals surface area contributed by atoms with E-state index in [0.717, 1.165) is 16.9 Å². The molecule has 0 unspecified atom stereocenters. The number of amides is 2. The summed E-state index contributed by atoms with van der Waals surface area (Å²) in [5.74, 6) is -2.35. The standard InChI is InChI=1S/C14H13NO4/c1-2-9-3-5-10(6-4-9)11-7-12(16)15(14(11)19)8-13(17)18/h3-7H,2,8H2,1H3,(H,17,18). The summed E-state index contributed by atoms with van der Waals surface area (Å²) < 4.78 is 0. The van der Waals surface area contributed by atoms with Crippen molar-refractivity contribution in [2.45, 2.75) is 13.3 Å². The molecule has 0 fully saturated rings. The first-order valence-corrected chi connectivity index (χ1v) is 5.91. The molecule has 5 nitrogen and oxygen atoms in total. The van der Waals surface area contributed by atoms with Crippen molar-refractivity contribution in [3.8, 4) is 0 Å². The Morgan fingerprint density at radius 2 is 1.84 bits per heavy atom. The minimum Gasteiger partial charge on any atom is -0.480 e. The summed E-state index contributed by atoms with van der Waals surface area (Å²) in [6.45, 7) is 1.41. The first-order chi connectivity index (χ1) is 9.02. The smallest absolute Gasteiger partial charge is 0.323 e. The molecule has 0 spiro atoms. The summed E-state index contributed by atoms with van der Waals surface area (Å²) in [7, 11) is 0. The Kier molecular flexibility index (Phi) is 3.46. The fourth-order valence-electron chi connectivity index (χ4n) is 1.92. The van der Waals surface area contributed by atoms with Crippen molar-refractivity contribution in [2.75, 3.05) is 6.54 Å². The second-order valence-corrected chi connectivity index (χ2v) is 4.23. The van der Waals surface area contributed by atoms with Crippen molar-refractivity contribution >= 4 is 23.4 Å². The Labute approximate surface area is 110 Å². The highest BCUT2D eigenvalue weighted by molar-refractivity contribution is 6.33. The Morgan fingerprint density at radius 1 is 1.21 bits per heavy atom. The van der Waals surface area contributed by atoms with Gasteiger partial charge in [0.2, 0.25) is 0 Å². The molecular weight excluding hydrogens is 246 g/mol. The number of aryl methyl sites for hydroxylation is 1. The molecule has 19 heavy (non-hydrogen) atoms. The maximum Gasteiger partial charge on any atom is 0.323 e. The third kappa shape index (κ3) is 2.54. The van der Waals surface area contributed by atoms with E-state index >= 15 is 0 Å². The van der Waals surface area contributed by atoms with Crippen LogP contribution in [0.15, 0.2) is 30.3 Å². The van der Waals surface area contributed by atoms with Crippen LogP contribution >= 0.6 is 0 Å². The van der Waals surface area contributed by atoms with Gasteiger partial charge in [0.1, 0.15) is 6.54 Å². The van der Waals surface area contributed by atoms with Crippen LogP contribution in [-0.2, 0) is 20.8 Å². The molecule has 98 valence electrons. The van der Waals surface area contributed by atoms with Crippen molar-refractivity contribution in [3.05, 3.63) is 41.5 Å². The zero-order valence-corrected chi connectivity index (χ0v) is 10.4. The van der Waals surface area contributed by atoms with Crippen molar-refractivity contribution in [1.82, 2.24) is 4.90 Å². The zero-order valence-electron chi connectivity index (χ0n) is 10.4. The van der Waals surface area contributed by atoms with Crippen molar-refractivity contribution in [2.24, 2.45) is 0 Å². The van der Waals surface area contributed by atoms with Crippen LogP contribution < -0.4 is 0 Å². The largest absolute Gasteiger partial charge is 0.480 e. The number of carbonyl (C=O) groups is 3. The number of hydrogen-bond acceptors (Lipinski definition) is 3. The lowest BCUT2D eigenvalue weighted by Gasteiger charge is -2.11. The average Bonchev–Trinajstić information content (AvgIpc) is 2.66. The third-order valence-electron chi connectivity index (χ3n) is 2.98. The number of hydrogen-bond donors (Lipinski definition) is 1. The van der Waals surface area contributed by atoms with Gasteiger partial charge in [0.05, 0.1) is 5.57 Å². The van der Waals surface area contributed by atoms with E-state index in [4.69, 9.17) is 5.11 Å². The summed E-state index contributed by atoms with van der Waals surface area (Å²) in [5.41, 5.74) is 2.00. The normalized spacial score (nSPS) is 14.8. The molecule has 1 aliphatic rings. The number of nitrogens with zero attached hydrogens (tertiary/aromatic N) is 1. The molecule has 2 rings (SSSR count). The van der Waals surface area contributed by atoms with Crippen LogP contribution in [0.25, 0.3) is 5.57 Å². The number of benzene rings is 1. The zero-order chi connectivity index (χ0) is 14.0. The van der Waals surface area contributed by atoms with E-state index in [0.29, 0.717) is 5.56 Å². The van der Waals surface area contributed by atoms with Gasteiger partial charge < -0.3 is 5.11 Å². The molecule has 0 aromatic heterocycles. The molecule has 0 saturated carbocycles. The summed E-state index contributed by atoms with van der Waals surface area (Å²) in [6, 6.07) is 7.29. The van der Waals surface area contributed by atoms with E-state index in [9.17, 15) is 14.4 Å². The molecule has 1 aromatic carbocycles. The average molecular weight is 259 g/mol. The van der Waals surface area contributed by atoms with E-state index in [1.807, 2.05) is 19.1 Å². The van der Waals surface area contributed by atoms with Crippen LogP contribution in [0.1, 0.15) is 18.1 Å². The fraction of sp³-hybridized carbons (Fsp3) is 0.214. The van der Waals surface area contributed by atoms with Crippen molar-refractivity contribution < 1.29 is 19.5 Å². The molecule has 0 radical (unpaired) electrons. The lowest BCUT2D eigenvalue weighted by molar-refractivity contribution is -0.147. The molecule has 1 aromatic rings. The van der Waals surface area contributed by atoms with Gasteiger partial charge in [-0.25, -0.2) is 0 Å². The van der Waals surface area contributed by atoms with E-state index < -0.39 is 24.3 Å². The highest BCUT2D eigenvalue weighted by Crippen LogP contribution is 2.23. The van der Waals surface area contributed by atoms with Gasteiger partial charge in [-0.1, -0.05) is 31.2 Å². The molecule has 2 amide bonds. The monoisotopic (exact) mass is 259 g/mol. The number of rotatable bonds is 4. The predicted octanol–water partition coefficient (Wildman–Crippen LogP) is 1.09. The van der Waals surface area contributed by atoms with Gasteiger partial charge in [0.25, 0.3) is 11.8 Å². The third-order valence-corrected chi connectivity index (χ3v) is 2.98. The minimum atomic E-state index is -1.21. The van der Waals surface area contributed by atoms with Gasteiger partial charge in [-0.05, 0) is 17.5 Å². The fourth-order valence-corrected chi connectivity index (χ4v) is 1.92. The second-order valence-electron chi connectivity index (χ2n) is 4.23. The molecule has 1 N–H and O–H groups in total. The summed E-state index contributed by atoms with van der Waals surface area (Å²) in [4.78, 5) is 34.9. The SMILES string of the molecule is CCc1ccc(C2=CC(=O)N(CC(=O)O)C2=O)cc1. The second kappa shape index (κ2) is 5.06. The first kappa shape index (κ1) is 13.0. The van der Waals surface area contributed by atoms with Gasteiger partial charge in [0.15, 0.2) is 0 Å². The van der Waals surface area contributed by atoms with E-state index in [1.54, 1.807) is 12.1 Å². The molecule has 0 aliphatic carbocycles. The Balaban J connectivity index is 2.26. The van der Waals surface area contributed by atoms with Crippen LogP contribution in [0.3, 0.4) is 0 Å². The van der Waals surface area contributed by atoms with Gasteiger partial charge in [0, 0.05) is 6.08 Å². The van der Waals surface area contributed by atoms with Gasteiger partial charge in [-0.15, -0.1) is 0 Å². The summed E-state index contributed by atoms with van der Waals surface area (Å²) >= 11 is 0. The molecule has 1 aliphatic heterocycles. The summed E-state index contributed by atoms with van der Waals surface area (Å²) in [5, 5.41) is 8.67. The highest BCUT2D eigenvalue weighted by Gasteiger charge is 2.32. The molecular formula is C14H13NO4. The lowest BCUT2D eigenvalue weighted by atomic mass is 10.0. The van der Waals surface area contributed by atoms with Crippen molar-refractivity contribution in [1.29, 1.82) is 0 Å². The van der Waals surface area contributed by atoms with Crippen LogP contribution in [0, 0.1) is 0 Å².